The second kappa shape index (κ2) is 4.29. The molecule has 0 amide bonds. The fourth-order valence-corrected chi connectivity index (χ4v) is 2.14. The fourth-order valence-electron chi connectivity index (χ4n) is 1.87. The Labute approximate surface area is 94.1 Å². The van der Waals surface area contributed by atoms with Gasteiger partial charge in [0.25, 0.3) is 0 Å². The molecule has 0 fully saturated rings. The van der Waals surface area contributed by atoms with Crippen LogP contribution in [0.1, 0.15) is 17.9 Å². The minimum Gasteiger partial charge on any atom is -0.497 e. The molecule has 1 aromatic rings. The summed E-state index contributed by atoms with van der Waals surface area (Å²) < 4.78 is 10.7. The smallest absolute Gasteiger partial charge is 0.141 e. The lowest BCUT2D eigenvalue weighted by Crippen LogP contribution is -2.21. The number of nitrogens with two attached hydrogens (primary N) is 1. The van der Waals surface area contributed by atoms with E-state index in [9.17, 15) is 0 Å². The van der Waals surface area contributed by atoms with Gasteiger partial charge >= 0.3 is 0 Å². The van der Waals surface area contributed by atoms with E-state index in [1.165, 1.54) is 0 Å². The molecule has 1 atom stereocenters. The summed E-state index contributed by atoms with van der Waals surface area (Å²) >= 11 is 6.10. The average molecular weight is 228 g/mol. The molecule has 1 aliphatic heterocycles. The molecule has 82 valence electrons. The minimum absolute atomic E-state index is 0.321. The standard InChI is InChI=1S/C11H14ClNO2/c1-14-8-4-9-7(6-13)2-3-15-11(9)10(12)5-8/h4-5,7H,2-3,6,13H2,1H3. The first-order chi connectivity index (χ1) is 7.26. The third-order valence-electron chi connectivity index (χ3n) is 2.72. The number of hydrogen-bond donors (Lipinski definition) is 1. The third-order valence-corrected chi connectivity index (χ3v) is 3.00. The monoisotopic (exact) mass is 227 g/mol. The van der Waals surface area contributed by atoms with Gasteiger partial charge in [-0.25, -0.2) is 0 Å². The Morgan fingerprint density at radius 1 is 1.60 bits per heavy atom. The summed E-state index contributed by atoms with van der Waals surface area (Å²) in [6.07, 6.45) is 0.937. The molecular weight excluding hydrogens is 214 g/mol. The van der Waals surface area contributed by atoms with Crippen molar-refractivity contribution < 1.29 is 9.47 Å². The maximum atomic E-state index is 6.10. The predicted molar refractivity (Wildman–Crippen MR) is 59.9 cm³/mol. The van der Waals surface area contributed by atoms with Gasteiger partial charge in [-0.15, -0.1) is 0 Å². The van der Waals surface area contributed by atoms with Crippen LogP contribution in [0.15, 0.2) is 12.1 Å². The van der Waals surface area contributed by atoms with Gasteiger partial charge < -0.3 is 15.2 Å². The quantitative estimate of drug-likeness (QED) is 0.842. The van der Waals surface area contributed by atoms with Gasteiger partial charge in [0.15, 0.2) is 0 Å². The summed E-state index contributed by atoms with van der Waals surface area (Å²) in [5.41, 5.74) is 6.78. The normalized spacial score (nSPS) is 19.3. The van der Waals surface area contributed by atoms with E-state index in [-0.39, 0.29) is 0 Å². The number of benzene rings is 1. The molecule has 1 heterocycles. The van der Waals surface area contributed by atoms with E-state index < -0.39 is 0 Å². The molecule has 0 bridgehead atoms. The Kier molecular flexibility index (Phi) is 3.03. The Morgan fingerprint density at radius 2 is 2.40 bits per heavy atom. The number of fused-ring (bicyclic) bond motifs is 1. The van der Waals surface area contributed by atoms with Crippen molar-refractivity contribution in [3.63, 3.8) is 0 Å². The van der Waals surface area contributed by atoms with Crippen molar-refractivity contribution in [2.75, 3.05) is 20.3 Å². The summed E-state index contributed by atoms with van der Waals surface area (Å²) in [5.74, 6) is 1.84. The van der Waals surface area contributed by atoms with Crippen molar-refractivity contribution >= 4 is 11.6 Å². The fraction of sp³-hybridized carbons (Fsp3) is 0.455. The zero-order valence-electron chi connectivity index (χ0n) is 8.63. The van der Waals surface area contributed by atoms with Crippen LogP contribution in [0.4, 0.5) is 0 Å². The first kappa shape index (κ1) is 10.6. The zero-order valence-corrected chi connectivity index (χ0v) is 9.38. The van der Waals surface area contributed by atoms with E-state index in [0.29, 0.717) is 24.1 Å². The number of hydrogen-bond acceptors (Lipinski definition) is 3. The molecule has 15 heavy (non-hydrogen) atoms. The first-order valence-corrected chi connectivity index (χ1v) is 5.34. The van der Waals surface area contributed by atoms with Gasteiger partial charge in [-0.05, 0) is 19.0 Å². The molecule has 2 rings (SSSR count). The molecule has 3 nitrogen and oxygen atoms in total. The first-order valence-electron chi connectivity index (χ1n) is 4.96. The van der Waals surface area contributed by atoms with E-state index in [2.05, 4.69) is 0 Å². The number of halogens is 1. The maximum absolute atomic E-state index is 6.10. The minimum atomic E-state index is 0.321. The van der Waals surface area contributed by atoms with Crippen LogP contribution in [0.2, 0.25) is 5.02 Å². The van der Waals surface area contributed by atoms with E-state index >= 15 is 0 Å². The molecule has 1 aromatic carbocycles. The van der Waals surface area contributed by atoms with Crippen LogP contribution >= 0.6 is 11.6 Å². The number of rotatable bonds is 2. The van der Waals surface area contributed by atoms with Gasteiger partial charge in [0, 0.05) is 17.5 Å². The Hall–Kier alpha value is -0.930. The van der Waals surface area contributed by atoms with Gasteiger partial charge in [0.2, 0.25) is 0 Å². The second-order valence-corrected chi connectivity index (χ2v) is 4.00. The summed E-state index contributed by atoms with van der Waals surface area (Å²) in [5, 5.41) is 0.600. The van der Waals surface area contributed by atoms with Gasteiger partial charge in [-0.3, -0.25) is 0 Å². The average Bonchev–Trinajstić information content (AvgIpc) is 2.28. The lowest BCUT2D eigenvalue weighted by Gasteiger charge is -2.26. The summed E-state index contributed by atoms with van der Waals surface area (Å²) in [4.78, 5) is 0. The molecule has 0 radical (unpaired) electrons. The molecule has 2 N–H and O–H groups in total. The Bertz CT molecular complexity index is 368. The predicted octanol–water partition coefficient (Wildman–Crippen LogP) is 2.17. The van der Waals surface area contributed by atoms with E-state index in [0.717, 1.165) is 23.5 Å². The van der Waals surface area contributed by atoms with Gasteiger partial charge in [-0.2, -0.15) is 0 Å². The highest BCUT2D eigenvalue weighted by atomic mass is 35.5. The van der Waals surface area contributed by atoms with Gasteiger partial charge in [-0.1, -0.05) is 11.6 Å². The SMILES string of the molecule is COc1cc(Cl)c2c(c1)C(CN)CCO2. The highest BCUT2D eigenvalue weighted by Gasteiger charge is 2.23. The number of methoxy groups -OCH3 is 1. The van der Waals surface area contributed by atoms with Crippen LogP contribution in [0.25, 0.3) is 0 Å². The van der Waals surface area contributed by atoms with Crippen LogP contribution in [-0.4, -0.2) is 20.3 Å². The van der Waals surface area contributed by atoms with Crippen molar-refractivity contribution in [2.45, 2.75) is 12.3 Å². The molecule has 4 heteroatoms. The van der Waals surface area contributed by atoms with Crippen molar-refractivity contribution in [3.8, 4) is 11.5 Å². The van der Waals surface area contributed by atoms with Crippen molar-refractivity contribution in [1.29, 1.82) is 0 Å². The molecule has 1 unspecified atom stereocenters. The largest absolute Gasteiger partial charge is 0.497 e. The Balaban J connectivity index is 2.48. The molecule has 1 aliphatic rings. The van der Waals surface area contributed by atoms with Crippen LogP contribution in [0.3, 0.4) is 0 Å². The van der Waals surface area contributed by atoms with Crippen LogP contribution < -0.4 is 15.2 Å². The molecule has 0 saturated heterocycles. The van der Waals surface area contributed by atoms with Crippen LogP contribution in [0.5, 0.6) is 11.5 Å². The molecule has 0 spiro atoms. The van der Waals surface area contributed by atoms with Gasteiger partial charge in [0.1, 0.15) is 11.5 Å². The van der Waals surface area contributed by atoms with E-state index in [1.807, 2.05) is 6.07 Å². The summed E-state index contributed by atoms with van der Waals surface area (Å²) in [7, 11) is 1.62. The molecular formula is C11H14ClNO2. The van der Waals surface area contributed by atoms with Crippen molar-refractivity contribution in [3.05, 3.63) is 22.7 Å². The highest BCUT2D eigenvalue weighted by Crippen LogP contribution is 2.41. The molecule has 0 aliphatic carbocycles. The summed E-state index contributed by atoms with van der Waals surface area (Å²) in [6, 6.07) is 3.72. The Morgan fingerprint density at radius 3 is 3.07 bits per heavy atom. The van der Waals surface area contributed by atoms with Crippen molar-refractivity contribution in [1.82, 2.24) is 0 Å². The maximum Gasteiger partial charge on any atom is 0.141 e. The van der Waals surface area contributed by atoms with E-state index in [4.69, 9.17) is 26.8 Å². The van der Waals surface area contributed by atoms with Crippen LogP contribution in [-0.2, 0) is 0 Å². The molecule has 0 aromatic heterocycles. The third kappa shape index (κ3) is 1.90. The highest BCUT2D eigenvalue weighted by molar-refractivity contribution is 6.32. The van der Waals surface area contributed by atoms with Gasteiger partial charge in [0.05, 0.1) is 18.7 Å². The molecule has 0 saturated carbocycles. The summed E-state index contributed by atoms with van der Waals surface area (Å²) in [6.45, 7) is 1.29. The second-order valence-electron chi connectivity index (χ2n) is 3.60. The number of ether oxygens (including phenoxy) is 2. The van der Waals surface area contributed by atoms with Crippen molar-refractivity contribution in [2.24, 2.45) is 5.73 Å². The zero-order chi connectivity index (χ0) is 10.8. The lowest BCUT2D eigenvalue weighted by atomic mass is 9.93. The van der Waals surface area contributed by atoms with E-state index in [1.54, 1.807) is 13.2 Å². The topological polar surface area (TPSA) is 44.5 Å². The lowest BCUT2D eigenvalue weighted by molar-refractivity contribution is 0.268. The van der Waals surface area contributed by atoms with Crippen LogP contribution in [0, 0.1) is 0 Å².